The Balaban J connectivity index is 0. The predicted octanol–water partition coefficient (Wildman–Crippen LogP) is 2.84. The third-order valence-electron chi connectivity index (χ3n) is 1.70. The van der Waals surface area contributed by atoms with E-state index in [1.807, 2.05) is 0 Å². The van der Waals surface area contributed by atoms with Gasteiger partial charge in [-0.3, -0.25) is 9.63 Å². The summed E-state index contributed by atoms with van der Waals surface area (Å²) in [5.74, 6) is 0.103. The highest BCUT2D eigenvalue weighted by atomic mass is 16.7. The molecule has 0 atom stereocenters. The Bertz CT molecular complexity index is 387. The van der Waals surface area contributed by atoms with Crippen LogP contribution in [0.3, 0.4) is 0 Å². The summed E-state index contributed by atoms with van der Waals surface area (Å²) in [7, 11) is 0. The zero-order valence-electron chi connectivity index (χ0n) is 12.5. The molecular formula is C16H23NO3. The van der Waals surface area contributed by atoms with E-state index >= 15 is 0 Å². The Morgan fingerprint density at radius 3 is 2.50 bits per heavy atom. The Kier molecular flexibility index (Phi) is 13.8. The molecule has 1 heterocycles. The lowest BCUT2D eigenvalue weighted by Gasteiger charge is -2.25. The van der Waals surface area contributed by atoms with Gasteiger partial charge in [0.2, 0.25) is 0 Å². The second kappa shape index (κ2) is 13.5. The average Bonchev–Trinajstić information content (AvgIpc) is 2.38. The van der Waals surface area contributed by atoms with Crippen molar-refractivity contribution in [1.82, 2.24) is 5.06 Å². The van der Waals surface area contributed by atoms with Crippen molar-refractivity contribution in [2.45, 2.75) is 27.2 Å². The third-order valence-corrected chi connectivity index (χ3v) is 1.70. The van der Waals surface area contributed by atoms with Gasteiger partial charge in [0.05, 0.1) is 19.6 Å². The maximum absolute atomic E-state index is 11.3. The van der Waals surface area contributed by atoms with Gasteiger partial charge in [-0.05, 0) is 32.1 Å². The molecule has 0 aromatic heterocycles. The van der Waals surface area contributed by atoms with Crippen LogP contribution in [0.1, 0.15) is 27.2 Å². The Morgan fingerprint density at radius 2 is 2.05 bits per heavy atom. The topological polar surface area (TPSA) is 46.6 Å². The van der Waals surface area contributed by atoms with Gasteiger partial charge >= 0.3 is 0 Å². The molecule has 0 aromatic carbocycles. The first kappa shape index (κ1) is 20.4. The van der Waals surface area contributed by atoms with Crippen LogP contribution in [0.25, 0.3) is 0 Å². The number of ketones is 1. The van der Waals surface area contributed by atoms with E-state index in [9.17, 15) is 9.59 Å². The molecule has 1 amide bonds. The smallest absolute Gasteiger partial charge is 0.250 e. The monoisotopic (exact) mass is 277 g/mol. The standard InChI is InChI=1S/C11H12NO2.C3H6O.C2H5/c1-3-4-5-6-7-12-11(13)8-10(2)9-14-12;1-3(2)4;1-2/h1,4-6H,2,7-9H2;1-2H3;1H2,2H3/b6-5-;;. The van der Waals surface area contributed by atoms with Gasteiger partial charge in [-0.25, -0.2) is 5.06 Å². The minimum atomic E-state index is -0.0633. The van der Waals surface area contributed by atoms with Gasteiger partial charge in [-0.2, -0.15) is 0 Å². The van der Waals surface area contributed by atoms with Crippen LogP contribution in [0.2, 0.25) is 0 Å². The fraction of sp³-hybridized carbons (Fsp3) is 0.375. The number of rotatable bonds is 3. The first-order valence-electron chi connectivity index (χ1n) is 6.19. The number of nitrogens with zero attached hydrogens (tertiary/aromatic N) is 1. The van der Waals surface area contributed by atoms with E-state index in [1.165, 1.54) is 18.9 Å². The van der Waals surface area contributed by atoms with Crippen LogP contribution in [0.4, 0.5) is 0 Å². The molecule has 0 aliphatic carbocycles. The van der Waals surface area contributed by atoms with Crippen LogP contribution in [0, 0.1) is 13.5 Å². The maximum atomic E-state index is 11.3. The van der Waals surface area contributed by atoms with Gasteiger partial charge in [-0.15, -0.1) is 5.73 Å². The summed E-state index contributed by atoms with van der Waals surface area (Å²) in [6, 6.07) is 0. The third kappa shape index (κ3) is 12.6. The summed E-state index contributed by atoms with van der Waals surface area (Å²) in [6.45, 7) is 17.6. The molecule has 0 spiro atoms. The number of hydrogen-bond donors (Lipinski definition) is 0. The molecule has 1 rings (SSSR count). The SMILES string of the molecule is CC(C)=O.[CH2]C.[CH]=C=C/C=C\CN1OCC(=C)CC1=O. The van der Waals surface area contributed by atoms with Crippen LogP contribution in [-0.4, -0.2) is 29.9 Å². The van der Waals surface area contributed by atoms with Crippen LogP contribution in [-0.2, 0) is 14.4 Å². The molecule has 0 N–H and O–H groups in total. The number of amides is 1. The van der Waals surface area contributed by atoms with Gasteiger partial charge in [0.15, 0.2) is 0 Å². The van der Waals surface area contributed by atoms with Crippen LogP contribution < -0.4 is 0 Å². The van der Waals surface area contributed by atoms with E-state index in [0.29, 0.717) is 19.6 Å². The molecule has 2 radical (unpaired) electrons. The average molecular weight is 277 g/mol. The lowest BCUT2D eigenvalue weighted by Crippen LogP contribution is -2.36. The van der Waals surface area contributed by atoms with Crippen LogP contribution in [0.5, 0.6) is 0 Å². The zero-order valence-corrected chi connectivity index (χ0v) is 12.5. The van der Waals surface area contributed by atoms with Gasteiger partial charge in [0.25, 0.3) is 5.91 Å². The van der Waals surface area contributed by atoms with E-state index in [1.54, 1.807) is 25.2 Å². The summed E-state index contributed by atoms with van der Waals surface area (Å²) in [5.41, 5.74) is 3.16. The lowest BCUT2D eigenvalue weighted by molar-refractivity contribution is -0.186. The first-order valence-corrected chi connectivity index (χ1v) is 6.19. The summed E-state index contributed by atoms with van der Waals surface area (Å²) in [5, 5.41) is 1.32. The quantitative estimate of drug-likeness (QED) is 0.453. The molecule has 20 heavy (non-hydrogen) atoms. The van der Waals surface area contributed by atoms with Gasteiger partial charge in [-0.1, -0.05) is 32.6 Å². The van der Waals surface area contributed by atoms with E-state index < -0.39 is 0 Å². The molecule has 4 heteroatoms. The number of Topliss-reactive ketones (excluding diaryl/α,β-unsaturated/α-hetero) is 1. The molecule has 1 fully saturated rings. The van der Waals surface area contributed by atoms with Crippen molar-refractivity contribution < 1.29 is 14.4 Å². The van der Waals surface area contributed by atoms with Crippen LogP contribution >= 0.6 is 0 Å². The second-order valence-electron chi connectivity index (χ2n) is 3.82. The summed E-state index contributed by atoms with van der Waals surface area (Å²) >= 11 is 0. The van der Waals surface area contributed by atoms with E-state index in [-0.39, 0.29) is 11.7 Å². The molecule has 1 aliphatic rings. The van der Waals surface area contributed by atoms with Crippen molar-refractivity contribution in [1.29, 1.82) is 0 Å². The first-order chi connectivity index (χ1) is 9.47. The minimum absolute atomic E-state index is 0.0633. The fourth-order valence-electron chi connectivity index (χ4n) is 1.03. The highest BCUT2D eigenvalue weighted by Gasteiger charge is 2.19. The Labute approximate surface area is 122 Å². The van der Waals surface area contributed by atoms with Crippen molar-refractivity contribution in [3.05, 3.63) is 49.6 Å². The lowest BCUT2D eigenvalue weighted by atomic mass is 10.2. The number of hydroxylamine groups is 2. The largest absolute Gasteiger partial charge is 0.300 e. The van der Waals surface area contributed by atoms with Crippen LogP contribution in [0.15, 0.2) is 36.1 Å². The summed E-state index contributed by atoms with van der Waals surface area (Å²) < 4.78 is 0. The van der Waals surface area contributed by atoms with Gasteiger partial charge in [0.1, 0.15) is 5.78 Å². The fourth-order valence-corrected chi connectivity index (χ4v) is 1.03. The van der Waals surface area contributed by atoms with E-state index in [2.05, 4.69) is 19.2 Å². The van der Waals surface area contributed by atoms with Crippen molar-refractivity contribution in [3.63, 3.8) is 0 Å². The highest BCUT2D eigenvalue weighted by Crippen LogP contribution is 2.11. The summed E-state index contributed by atoms with van der Waals surface area (Å²) in [4.78, 5) is 25.9. The number of carbonyl (C=O) groups is 2. The number of hydrogen-bond acceptors (Lipinski definition) is 3. The molecule has 0 saturated carbocycles. The van der Waals surface area contributed by atoms with Crippen molar-refractivity contribution in [2.24, 2.45) is 0 Å². The molecular weight excluding hydrogens is 254 g/mol. The van der Waals surface area contributed by atoms with Gasteiger partial charge in [0, 0.05) is 0 Å². The van der Waals surface area contributed by atoms with Crippen molar-refractivity contribution in [2.75, 3.05) is 13.2 Å². The maximum Gasteiger partial charge on any atom is 0.250 e. The minimum Gasteiger partial charge on any atom is -0.300 e. The zero-order chi connectivity index (χ0) is 16.0. The molecule has 0 aromatic rings. The molecule has 4 nitrogen and oxygen atoms in total. The molecule has 110 valence electrons. The molecule has 0 unspecified atom stereocenters. The van der Waals surface area contributed by atoms with E-state index in [0.717, 1.165) is 5.57 Å². The number of allylic oxidation sites excluding steroid dienone is 2. The predicted molar refractivity (Wildman–Crippen MR) is 80.3 cm³/mol. The molecule has 1 aliphatic heterocycles. The highest BCUT2D eigenvalue weighted by molar-refractivity contribution is 5.78. The Hall–Kier alpha value is -1.90. The van der Waals surface area contributed by atoms with Crippen molar-refractivity contribution in [3.8, 4) is 0 Å². The summed E-state index contributed by atoms with van der Waals surface area (Å²) in [6.07, 6.45) is 5.41. The van der Waals surface area contributed by atoms with Crippen molar-refractivity contribution >= 4 is 11.7 Å². The molecule has 0 bridgehead atoms. The number of carbonyl (C=O) groups excluding carboxylic acids is 2. The van der Waals surface area contributed by atoms with Gasteiger partial charge < -0.3 is 4.79 Å². The Morgan fingerprint density at radius 1 is 1.50 bits per heavy atom. The normalized spacial score (nSPS) is 13.7. The van der Waals surface area contributed by atoms with E-state index in [4.69, 9.17) is 11.4 Å². The second-order valence-corrected chi connectivity index (χ2v) is 3.82. The molecule has 1 saturated heterocycles.